The lowest BCUT2D eigenvalue weighted by atomic mass is 9.96. The van der Waals surface area contributed by atoms with Crippen molar-refractivity contribution < 1.29 is 4.74 Å². The fraction of sp³-hybridized carbons (Fsp3) is 0.636. The average Bonchev–Trinajstić information content (AvgIpc) is 2.11. The minimum Gasteiger partial charge on any atom is -0.474 e. The molecule has 1 aliphatic rings. The van der Waals surface area contributed by atoms with Crippen molar-refractivity contribution in [2.24, 2.45) is 0 Å². The first-order chi connectivity index (χ1) is 7.28. The molecular formula is C11H15BrN2O. The van der Waals surface area contributed by atoms with Gasteiger partial charge in [-0.25, -0.2) is 4.98 Å². The number of ether oxygens (including phenoxy) is 1. The van der Waals surface area contributed by atoms with Gasteiger partial charge in [0, 0.05) is 12.5 Å². The van der Waals surface area contributed by atoms with Crippen molar-refractivity contribution in [1.82, 2.24) is 9.97 Å². The smallest absolute Gasteiger partial charge is 0.217 e. The van der Waals surface area contributed by atoms with Crippen LogP contribution in [0.5, 0.6) is 5.88 Å². The molecule has 82 valence electrons. The van der Waals surface area contributed by atoms with Crippen LogP contribution in [0.1, 0.15) is 38.4 Å². The van der Waals surface area contributed by atoms with Crippen molar-refractivity contribution in [3.63, 3.8) is 0 Å². The second kappa shape index (κ2) is 4.92. The second-order valence-electron chi connectivity index (χ2n) is 3.87. The monoisotopic (exact) mass is 270 g/mol. The van der Waals surface area contributed by atoms with Gasteiger partial charge in [0.15, 0.2) is 0 Å². The van der Waals surface area contributed by atoms with E-state index in [2.05, 4.69) is 32.8 Å². The fourth-order valence-electron chi connectivity index (χ4n) is 1.50. The summed E-state index contributed by atoms with van der Waals surface area (Å²) in [5.41, 5.74) is 0. The van der Waals surface area contributed by atoms with Gasteiger partial charge in [0.05, 0.1) is 0 Å². The number of nitrogens with zero attached hydrogens (tertiary/aromatic N) is 2. The summed E-state index contributed by atoms with van der Waals surface area (Å²) in [5.74, 6) is 1.58. The highest BCUT2D eigenvalue weighted by Gasteiger charge is 2.20. The van der Waals surface area contributed by atoms with Crippen LogP contribution in [0.15, 0.2) is 10.7 Å². The molecule has 1 heterocycles. The van der Waals surface area contributed by atoms with Gasteiger partial charge in [-0.2, -0.15) is 4.98 Å². The lowest BCUT2D eigenvalue weighted by Gasteiger charge is -2.25. The zero-order valence-electron chi connectivity index (χ0n) is 8.87. The molecule has 0 saturated heterocycles. The molecule has 1 aromatic rings. The van der Waals surface area contributed by atoms with Crippen molar-refractivity contribution in [2.45, 2.75) is 45.1 Å². The van der Waals surface area contributed by atoms with E-state index in [1.807, 2.05) is 6.07 Å². The van der Waals surface area contributed by atoms with E-state index in [-0.39, 0.29) is 0 Å². The molecule has 4 heteroatoms. The molecule has 1 saturated carbocycles. The van der Waals surface area contributed by atoms with Gasteiger partial charge in [0.25, 0.3) is 0 Å². The molecular weight excluding hydrogens is 256 g/mol. The minimum atomic E-state index is 0.376. The second-order valence-corrected chi connectivity index (χ2v) is 4.68. The zero-order valence-corrected chi connectivity index (χ0v) is 10.5. The van der Waals surface area contributed by atoms with Gasteiger partial charge in [0.1, 0.15) is 16.5 Å². The van der Waals surface area contributed by atoms with Crippen LogP contribution >= 0.6 is 15.9 Å². The summed E-state index contributed by atoms with van der Waals surface area (Å²) in [5, 5.41) is 0. The van der Waals surface area contributed by atoms with Crippen LogP contribution in [0, 0.1) is 0 Å². The molecule has 2 rings (SSSR count). The molecule has 1 aliphatic carbocycles. The van der Waals surface area contributed by atoms with E-state index < -0.39 is 0 Å². The summed E-state index contributed by atoms with van der Waals surface area (Å²) in [4.78, 5) is 8.68. The van der Waals surface area contributed by atoms with E-state index in [9.17, 15) is 0 Å². The number of aryl methyl sites for hydroxylation is 1. The number of hydrogen-bond acceptors (Lipinski definition) is 3. The van der Waals surface area contributed by atoms with E-state index in [0.29, 0.717) is 12.0 Å². The Kier molecular flexibility index (Phi) is 3.57. The van der Waals surface area contributed by atoms with Crippen LogP contribution in [0.4, 0.5) is 0 Å². The predicted molar refractivity (Wildman–Crippen MR) is 62.0 cm³/mol. The molecule has 0 amide bonds. The maximum atomic E-state index is 5.74. The lowest BCUT2D eigenvalue weighted by molar-refractivity contribution is 0.114. The molecule has 0 radical (unpaired) electrons. The Bertz CT molecular complexity index is 339. The summed E-state index contributed by atoms with van der Waals surface area (Å²) < 4.78 is 6.55. The van der Waals surface area contributed by atoms with E-state index in [0.717, 1.165) is 36.1 Å². The first-order valence-corrected chi connectivity index (χ1v) is 6.27. The maximum absolute atomic E-state index is 5.74. The summed E-state index contributed by atoms with van der Waals surface area (Å²) in [6, 6.07) is 1.84. The van der Waals surface area contributed by atoms with Crippen LogP contribution < -0.4 is 4.74 Å². The van der Waals surface area contributed by atoms with Crippen molar-refractivity contribution in [1.29, 1.82) is 0 Å². The van der Waals surface area contributed by atoms with Crippen molar-refractivity contribution in [3.05, 3.63) is 16.5 Å². The Morgan fingerprint density at radius 3 is 2.87 bits per heavy atom. The van der Waals surface area contributed by atoms with E-state index in [4.69, 9.17) is 4.74 Å². The molecule has 0 aliphatic heterocycles. The Balaban J connectivity index is 2.07. The first-order valence-electron chi connectivity index (χ1n) is 5.48. The first kappa shape index (κ1) is 10.9. The molecule has 0 spiro atoms. The van der Waals surface area contributed by atoms with E-state index in [1.54, 1.807) is 0 Å². The summed E-state index contributed by atoms with van der Waals surface area (Å²) >= 11 is 3.38. The number of aromatic nitrogens is 2. The quantitative estimate of drug-likeness (QED) is 0.789. The summed E-state index contributed by atoms with van der Waals surface area (Å²) in [6.07, 6.45) is 5.93. The average molecular weight is 271 g/mol. The molecule has 1 aromatic heterocycles. The third kappa shape index (κ3) is 2.91. The molecule has 1 fully saturated rings. The van der Waals surface area contributed by atoms with Crippen LogP contribution in [-0.4, -0.2) is 16.1 Å². The van der Waals surface area contributed by atoms with Crippen LogP contribution in [-0.2, 0) is 6.42 Å². The predicted octanol–water partition coefficient (Wildman–Crippen LogP) is 3.12. The summed E-state index contributed by atoms with van der Waals surface area (Å²) in [6.45, 7) is 2.12. The van der Waals surface area contributed by atoms with Gasteiger partial charge >= 0.3 is 0 Å². The van der Waals surface area contributed by atoms with E-state index in [1.165, 1.54) is 6.42 Å². The standard InChI is InChI=1S/C11H15BrN2O/c1-2-4-10-13-9(12)7-11(14-10)15-8-5-3-6-8/h7-8H,2-6H2,1H3. The van der Waals surface area contributed by atoms with Gasteiger partial charge in [-0.15, -0.1) is 0 Å². The Morgan fingerprint density at radius 2 is 2.27 bits per heavy atom. The minimum absolute atomic E-state index is 0.376. The van der Waals surface area contributed by atoms with Crippen molar-refractivity contribution >= 4 is 15.9 Å². The van der Waals surface area contributed by atoms with Gasteiger partial charge in [-0.05, 0) is 41.6 Å². The van der Waals surface area contributed by atoms with Crippen LogP contribution in [0.25, 0.3) is 0 Å². The zero-order chi connectivity index (χ0) is 10.7. The topological polar surface area (TPSA) is 35.0 Å². The number of rotatable bonds is 4. The largest absolute Gasteiger partial charge is 0.474 e. The number of halogens is 1. The molecule has 0 atom stereocenters. The highest BCUT2D eigenvalue weighted by atomic mass is 79.9. The van der Waals surface area contributed by atoms with Crippen molar-refractivity contribution in [3.8, 4) is 5.88 Å². The van der Waals surface area contributed by atoms with Crippen LogP contribution in [0.3, 0.4) is 0 Å². The third-order valence-electron chi connectivity index (χ3n) is 2.53. The molecule has 0 aromatic carbocycles. The summed E-state index contributed by atoms with van der Waals surface area (Å²) in [7, 11) is 0. The molecule has 3 nitrogen and oxygen atoms in total. The van der Waals surface area contributed by atoms with Gasteiger partial charge in [0.2, 0.25) is 5.88 Å². The lowest BCUT2D eigenvalue weighted by Crippen LogP contribution is -2.25. The highest BCUT2D eigenvalue weighted by Crippen LogP contribution is 2.25. The van der Waals surface area contributed by atoms with Gasteiger partial charge in [-0.3, -0.25) is 0 Å². The molecule has 0 unspecified atom stereocenters. The maximum Gasteiger partial charge on any atom is 0.217 e. The Labute approximate surface area is 98.4 Å². The van der Waals surface area contributed by atoms with Gasteiger partial charge < -0.3 is 4.74 Å². The van der Waals surface area contributed by atoms with E-state index >= 15 is 0 Å². The molecule has 15 heavy (non-hydrogen) atoms. The fourth-order valence-corrected chi connectivity index (χ4v) is 1.90. The normalized spacial score (nSPS) is 16.1. The third-order valence-corrected chi connectivity index (χ3v) is 2.94. The highest BCUT2D eigenvalue weighted by molar-refractivity contribution is 9.10. The molecule has 0 N–H and O–H groups in total. The van der Waals surface area contributed by atoms with Crippen molar-refractivity contribution in [2.75, 3.05) is 0 Å². The Hall–Kier alpha value is -0.640. The Morgan fingerprint density at radius 1 is 1.47 bits per heavy atom. The SMILES string of the molecule is CCCc1nc(Br)cc(OC2CCC2)n1. The van der Waals surface area contributed by atoms with Crippen LogP contribution in [0.2, 0.25) is 0 Å². The molecule has 0 bridgehead atoms. The van der Waals surface area contributed by atoms with Gasteiger partial charge in [-0.1, -0.05) is 6.92 Å². The number of hydrogen-bond donors (Lipinski definition) is 0.